The van der Waals surface area contributed by atoms with Crippen molar-refractivity contribution >= 4 is 29.0 Å². The number of thioether (sulfide) groups is 1. The smallest absolute Gasteiger partial charge is 0.290 e. The average molecular weight is 316 g/mol. The lowest BCUT2D eigenvalue weighted by molar-refractivity contribution is -0.115. The molecule has 0 radical (unpaired) electrons. The Bertz CT molecular complexity index is 824. The van der Waals surface area contributed by atoms with E-state index in [2.05, 4.69) is 5.32 Å². The van der Waals surface area contributed by atoms with Gasteiger partial charge in [0.15, 0.2) is 0 Å². The number of carbonyl (C=O) groups is 2. The quantitative estimate of drug-likeness (QED) is 0.862. The zero-order chi connectivity index (χ0) is 15.9. The van der Waals surface area contributed by atoms with Gasteiger partial charge in [-0.15, -0.1) is 0 Å². The van der Waals surface area contributed by atoms with Crippen LogP contribution in [-0.2, 0) is 4.79 Å². The van der Waals surface area contributed by atoms with E-state index in [9.17, 15) is 14.0 Å². The highest BCUT2D eigenvalue weighted by molar-refractivity contribution is 8.18. The van der Waals surface area contributed by atoms with Gasteiger partial charge in [0.1, 0.15) is 5.82 Å². The standard InChI is InChI=1S/C16H13FN2O2S/c1-9-6-11(7-14-15(20)18-16(21)22-14)10(2)19(9)13-5-3-4-12(17)8-13/h3-8H,1-2H3,(H,18,20,21). The van der Waals surface area contributed by atoms with Crippen molar-refractivity contribution in [1.82, 2.24) is 9.88 Å². The highest BCUT2D eigenvalue weighted by Crippen LogP contribution is 2.29. The number of carbonyl (C=O) groups excluding carboxylic acids is 2. The zero-order valence-corrected chi connectivity index (χ0v) is 12.8. The number of amides is 2. The minimum Gasteiger partial charge on any atom is -0.318 e. The SMILES string of the molecule is Cc1cc(C=C2SC(=O)NC2=O)c(C)n1-c1cccc(F)c1. The van der Waals surface area contributed by atoms with Crippen molar-refractivity contribution in [1.29, 1.82) is 0 Å². The normalized spacial score (nSPS) is 16.4. The van der Waals surface area contributed by atoms with Gasteiger partial charge in [-0.1, -0.05) is 6.07 Å². The maximum atomic E-state index is 13.4. The number of aromatic nitrogens is 1. The van der Waals surface area contributed by atoms with E-state index in [1.165, 1.54) is 12.1 Å². The van der Waals surface area contributed by atoms with Crippen LogP contribution < -0.4 is 5.32 Å². The van der Waals surface area contributed by atoms with Crippen LogP contribution in [0.1, 0.15) is 17.0 Å². The number of nitrogens with one attached hydrogen (secondary N) is 1. The van der Waals surface area contributed by atoms with Crippen LogP contribution in [-0.4, -0.2) is 15.7 Å². The molecule has 1 aromatic heterocycles. The van der Waals surface area contributed by atoms with Gasteiger partial charge in [0.25, 0.3) is 11.1 Å². The van der Waals surface area contributed by atoms with Gasteiger partial charge in [0.2, 0.25) is 0 Å². The molecule has 6 heteroatoms. The summed E-state index contributed by atoms with van der Waals surface area (Å²) in [6.07, 6.45) is 1.68. The summed E-state index contributed by atoms with van der Waals surface area (Å²) in [7, 11) is 0. The fourth-order valence-corrected chi connectivity index (χ4v) is 3.18. The van der Waals surface area contributed by atoms with Crippen molar-refractivity contribution in [2.75, 3.05) is 0 Å². The fourth-order valence-electron chi connectivity index (χ4n) is 2.51. The summed E-state index contributed by atoms with van der Waals surface area (Å²) in [5.41, 5.74) is 3.35. The number of hydrogen-bond donors (Lipinski definition) is 1. The van der Waals surface area contributed by atoms with Crippen molar-refractivity contribution in [3.8, 4) is 5.69 Å². The van der Waals surface area contributed by atoms with Crippen LogP contribution in [0.2, 0.25) is 0 Å². The van der Waals surface area contributed by atoms with Gasteiger partial charge in [-0.3, -0.25) is 14.9 Å². The molecule has 0 atom stereocenters. The molecule has 3 rings (SSSR count). The third-order valence-electron chi connectivity index (χ3n) is 3.47. The topological polar surface area (TPSA) is 51.1 Å². The first-order valence-corrected chi connectivity index (χ1v) is 7.47. The molecular weight excluding hydrogens is 303 g/mol. The number of imide groups is 1. The van der Waals surface area contributed by atoms with Crippen LogP contribution in [0.5, 0.6) is 0 Å². The molecule has 22 heavy (non-hydrogen) atoms. The van der Waals surface area contributed by atoms with E-state index in [4.69, 9.17) is 0 Å². The van der Waals surface area contributed by atoms with Gasteiger partial charge in [0.05, 0.1) is 4.91 Å². The van der Waals surface area contributed by atoms with Gasteiger partial charge in [-0.2, -0.15) is 0 Å². The Hall–Kier alpha value is -2.34. The Kier molecular flexibility index (Phi) is 3.62. The second-order valence-corrected chi connectivity index (χ2v) is 6.01. The van der Waals surface area contributed by atoms with Crippen molar-refractivity contribution < 1.29 is 14.0 Å². The summed E-state index contributed by atoms with van der Waals surface area (Å²) >= 11 is 0.883. The van der Waals surface area contributed by atoms with Crippen LogP contribution in [0.15, 0.2) is 35.2 Å². The highest BCUT2D eigenvalue weighted by atomic mass is 32.2. The molecule has 0 aliphatic carbocycles. The Labute approximate surface area is 131 Å². The minimum atomic E-state index is -0.384. The number of nitrogens with zero attached hydrogens (tertiary/aromatic N) is 1. The lowest BCUT2D eigenvalue weighted by Gasteiger charge is -2.09. The van der Waals surface area contributed by atoms with E-state index in [1.54, 1.807) is 12.1 Å². The summed E-state index contributed by atoms with van der Waals surface area (Å²) in [5.74, 6) is -0.688. The first-order chi connectivity index (χ1) is 10.5. The third kappa shape index (κ3) is 2.57. The van der Waals surface area contributed by atoms with E-state index < -0.39 is 0 Å². The molecule has 112 valence electrons. The molecule has 0 unspecified atom stereocenters. The van der Waals surface area contributed by atoms with Gasteiger partial charge >= 0.3 is 0 Å². The summed E-state index contributed by atoms with van der Waals surface area (Å²) in [4.78, 5) is 23.2. The lowest BCUT2D eigenvalue weighted by Crippen LogP contribution is -2.17. The number of halogens is 1. The molecule has 4 nitrogen and oxygen atoms in total. The van der Waals surface area contributed by atoms with E-state index in [0.29, 0.717) is 4.91 Å². The van der Waals surface area contributed by atoms with E-state index >= 15 is 0 Å². The molecule has 0 spiro atoms. The molecule has 1 aliphatic heterocycles. The minimum absolute atomic E-state index is 0.304. The predicted octanol–water partition coefficient (Wildman–Crippen LogP) is 3.56. The third-order valence-corrected chi connectivity index (χ3v) is 4.28. The second-order valence-electron chi connectivity index (χ2n) is 4.99. The molecule has 1 fully saturated rings. The van der Waals surface area contributed by atoms with Crippen molar-refractivity contribution in [3.05, 3.63) is 58.0 Å². The lowest BCUT2D eigenvalue weighted by atomic mass is 10.2. The maximum absolute atomic E-state index is 13.4. The first kappa shape index (κ1) is 14.6. The fraction of sp³-hybridized carbons (Fsp3) is 0.125. The Morgan fingerprint density at radius 1 is 1.23 bits per heavy atom. The summed E-state index contributed by atoms with van der Waals surface area (Å²) in [6, 6.07) is 8.23. The Morgan fingerprint density at radius 2 is 2.00 bits per heavy atom. The largest absolute Gasteiger partial charge is 0.318 e. The van der Waals surface area contributed by atoms with Crippen molar-refractivity contribution in [2.45, 2.75) is 13.8 Å². The molecule has 1 N–H and O–H groups in total. The average Bonchev–Trinajstić information content (AvgIpc) is 2.90. The summed E-state index contributed by atoms with van der Waals surface area (Å²) in [6.45, 7) is 3.80. The number of rotatable bonds is 2. The predicted molar refractivity (Wildman–Crippen MR) is 84.3 cm³/mol. The van der Waals surface area contributed by atoms with Crippen LogP contribution >= 0.6 is 11.8 Å². The number of aryl methyl sites for hydroxylation is 1. The van der Waals surface area contributed by atoms with Crippen molar-refractivity contribution in [3.63, 3.8) is 0 Å². The van der Waals surface area contributed by atoms with Crippen LogP contribution in [0.3, 0.4) is 0 Å². The first-order valence-electron chi connectivity index (χ1n) is 6.65. The van der Waals surface area contributed by atoms with Crippen LogP contribution in [0, 0.1) is 19.7 Å². The molecule has 1 aliphatic rings. The zero-order valence-electron chi connectivity index (χ0n) is 12.0. The van der Waals surface area contributed by atoms with E-state index in [1.807, 2.05) is 30.5 Å². The molecule has 0 bridgehead atoms. The summed E-state index contributed by atoms with van der Waals surface area (Å²) in [5, 5.41) is 1.86. The van der Waals surface area contributed by atoms with Gasteiger partial charge < -0.3 is 4.57 Å². The highest BCUT2D eigenvalue weighted by Gasteiger charge is 2.25. The van der Waals surface area contributed by atoms with Crippen molar-refractivity contribution in [2.24, 2.45) is 0 Å². The van der Waals surface area contributed by atoms with Gasteiger partial charge in [0, 0.05) is 17.1 Å². The second kappa shape index (κ2) is 5.46. The van der Waals surface area contributed by atoms with E-state index in [-0.39, 0.29) is 17.0 Å². The maximum Gasteiger partial charge on any atom is 0.290 e. The number of benzene rings is 1. The monoisotopic (exact) mass is 316 g/mol. The van der Waals surface area contributed by atoms with Crippen LogP contribution in [0.25, 0.3) is 11.8 Å². The van der Waals surface area contributed by atoms with Crippen LogP contribution in [0.4, 0.5) is 9.18 Å². The molecule has 0 saturated carbocycles. The summed E-state index contributed by atoms with van der Waals surface area (Å²) < 4.78 is 15.3. The molecule has 1 saturated heterocycles. The molecule has 2 heterocycles. The van der Waals surface area contributed by atoms with Gasteiger partial charge in [-0.05, 0) is 61.5 Å². The van der Waals surface area contributed by atoms with Gasteiger partial charge in [-0.25, -0.2) is 4.39 Å². The molecule has 1 aromatic carbocycles. The number of hydrogen-bond acceptors (Lipinski definition) is 3. The molecule has 2 aromatic rings. The molecule has 2 amide bonds. The Balaban J connectivity index is 2.06. The Morgan fingerprint density at radius 3 is 2.64 bits per heavy atom. The molecular formula is C16H13FN2O2S. The van der Waals surface area contributed by atoms with E-state index in [0.717, 1.165) is 34.4 Å².